The Morgan fingerprint density at radius 1 is 1.08 bits per heavy atom. The highest BCUT2D eigenvalue weighted by molar-refractivity contribution is 5.82. The monoisotopic (exact) mass is 342 g/mol. The van der Waals surface area contributed by atoms with E-state index in [0.29, 0.717) is 12.5 Å². The zero-order valence-corrected chi connectivity index (χ0v) is 15.0. The van der Waals surface area contributed by atoms with E-state index in [0.717, 1.165) is 38.0 Å². The lowest BCUT2D eigenvalue weighted by Crippen LogP contribution is -2.54. The SMILES string of the molecule is COc1ccc([C@H]2CN(C(C)=O)[C@@H]3CCCN(C(=O)C4CC4)[C@H]23)cc1. The van der Waals surface area contributed by atoms with Crippen LogP contribution in [0.15, 0.2) is 24.3 Å². The van der Waals surface area contributed by atoms with Gasteiger partial charge in [-0.2, -0.15) is 0 Å². The van der Waals surface area contributed by atoms with Crippen molar-refractivity contribution in [2.24, 2.45) is 5.92 Å². The van der Waals surface area contributed by atoms with Crippen molar-refractivity contribution in [3.05, 3.63) is 29.8 Å². The summed E-state index contributed by atoms with van der Waals surface area (Å²) in [6.45, 7) is 3.18. The third-order valence-corrected chi connectivity index (χ3v) is 6.02. The first kappa shape index (κ1) is 16.4. The van der Waals surface area contributed by atoms with Gasteiger partial charge in [0.15, 0.2) is 0 Å². The number of ether oxygens (including phenoxy) is 1. The largest absolute Gasteiger partial charge is 0.497 e. The Labute approximate surface area is 148 Å². The molecule has 3 fully saturated rings. The molecule has 0 unspecified atom stereocenters. The highest BCUT2D eigenvalue weighted by Crippen LogP contribution is 2.43. The molecule has 2 amide bonds. The molecule has 3 atom stereocenters. The van der Waals surface area contributed by atoms with Gasteiger partial charge >= 0.3 is 0 Å². The second-order valence-corrected chi connectivity index (χ2v) is 7.56. The first-order valence-corrected chi connectivity index (χ1v) is 9.32. The number of likely N-dealkylation sites (tertiary alicyclic amines) is 2. The summed E-state index contributed by atoms with van der Waals surface area (Å²) < 4.78 is 5.27. The van der Waals surface area contributed by atoms with Crippen LogP contribution in [0.1, 0.15) is 44.1 Å². The van der Waals surface area contributed by atoms with E-state index in [9.17, 15) is 9.59 Å². The Bertz CT molecular complexity index is 668. The highest BCUT2D eigenvalue weighted by atomic mass is 16.5. The van der Waals surface area contributed by atoms with Crippen molar-refractivity contribution >= 4 is 11.8 Å². The molecule has 4 rings (SSSR count). The number of piperidine rings is 1. The van der Waals surface area contributed by atoms with E-state index < -0.39 is 0 Å². The van der Waals surface area contributed by atoms with Crippen LogP contribution >= 0.6 is 0 Å². The number of carbonyl (C=O) groups excluding carboxylic acids is 2. The zero-order chi connectivity index (χ0) is 17.6. The molecule has 2 heterocycles. The lowest BCUT2D eigenvalue weighted by molar-refractivity contribution is -0.139. The van der Waals surface area contributed by atoms with Crippen LogP contribution in [-0.4, -0.2) is 53.9 Å². The normalized spacial score (nSPS) is 28.6. The van der Waals surface area contributed by atoms with Crippen molar-refractivity contribution < 1.29 is 14.3 Å². The number of carbonyl (C=O) groups is 2. The predicted molar refractivity (Wildman–Crippen MR) is 94.4 cm³/mol. The molecule has 2 aliphatic heterocycles. The van der Waals surface area contributed by atoms with Crippen LogP contribution in [0.2, 0.25) is 0 Å². The van der Waals surface area contributed by atoms with Gasteiger partial charge in [-0.25, -0.2) is 0 Å². The second kappa shape index (κ2) is 6.36. The number of methoxy groups -OCH3 is 1. The fourth-order valence-corrected chi connectivity index (χ4v) is 4.62. The molecule has 3 aliphatic rings. The fraction of sp³-hybridized carbons (Fsp3) is 0.600. The molecule has 0 aromatic heterocycles. The number of hydrogen-bond acceptors (Lipinski definition) is 3. The third-order valence-electron chi connectivity index (χ3n) is 6.02. The average Bonchev–Trinajstić information content (AvgIpc) is 3.40. The molecule has 0 bridgehead atoms. The van der Waals surface area contributed by atoms with Crippen molar-refractivity contribution in [1.29, 1.82) is 0 Å². The molecule has 0 spiro atoms. The van der Waals surface area contributed by atoms with Gasteiger partial charge in [-0.1, -0.05) is 12.1 Å². The van der Waals surface area contributed by atoms with Crippen LogP contribution in [0.3, 0.4) is 0 Å². The van der Waals surface area contributed by atoms with E-state index in [1.54, 1.807) is 14.0 Å². The fourth-order valence-electron chi connectivity index (χ4n) is 4.62. The van der Waals surface area contributed by atoms with E-state index in [4.69, 9.17) is 4.74 Å². The summed E-state index contributed by atoms with van der Waals surface area (Å²) in [6, 6.07) is 8.37. The van der Waals surface area contributed by atoms with Crippen LogP contribution in [0, 0.1) is 5.92 Å². The summed E-state index contributed by atoms with van der Waals surface area (Å²) in [4.78, 5) is 29.2. The maximum Gasteiger partial charge on any atom is 0.226 e. The third kappa shape index (κ3) is 2.90. The molecular weight excluding hydrogens is 316 g/mol. The highest BCUT2D eigenvalue weighted by Gasteiger charge is 2.51. The summed E-state index contributed by atoms with van der Waals surface area (Å²) in [5.74, 6) is 1.66. The first-order chi connectivity index (χ1) is 12.1. The Hall–Kier alpha value is -2.04. The molecule has 1 aromatic carbocycles. The Morgan fingerprint density at radius 3 is 2.40 bits per heavy atom. The molecule has 25 heavy (non-hydrogen) atoms. The van der Waals surface area contributed by atoms with E-state index in [1.807, 2.05) is 17.0 Å². The molecule has 1 aliphatic carbocycles. The van der Waals surface area contributed by atoms with Gasteiger partial charge in [-0.15, -0.1) is 0 Å². The minimum Gasteiger partial charge on any atom is -0.497 e. The van der Waals surface area contributed by atoms with Crippen LogP contribution in [0.4, 0.5) is 0 Å². The summed E-state index contributed by atoms with van der Waals surface area (Å²) >= 11 is 0. The van der Waals surface area contributed by atoms with Gasteiger partial charge in [0.1, 0.15) is 5.75 Å². The van der Waals surface area contributed by atoms with Gasteiger partial charge in [-0.05, 0) is 43.4 Å². The van der Waals surface area contributed by atoms with Crippen molar-refractivity contribution in [3.8, 4) is 5.75 Å². The molecule has 134 valence electrons. The van der Waals surface area contributed by atoms with Crippen molar-refractivity contribution in [3.63, 3.8) is 0 Å². The van der Waals surface area contributed by atoms with Gasteiger partial charge < -0.3 is 14.5 Å². The maximum absolute atomic E-state index is 12.9. The summed E-state index contributed by atoms with van der Waals surface area (Å²) in [5, 5.41) is 0. The minimum atomic E-state index is 0.110. The number of amides is 2. The summed E-state index contributed by atoms with van der Waals surface area (Å²) in [7, 11) is 1.66. The number of rotatable bonds is 3. The van der Waals surface area contributed by atoms with Crippen LogP contribution in [-0.2, 0) is 9.59 Å². The molecular formula is C20H26N2O3. The number of fused-ring (bicyclic) bond motifs is 1. The summed E-state index contributed by atoms with van der Waals surface area (Å²) in [5.41, 5.74) is 1.19. The molecule has 2 saturated heterocycles. The van der Waals surface area contributed by atoms with E-state index in [1.165, 1.54) is 5.56 Å². The maximum atomic E-state index is 12.9. The van der Waals surface area contributed by atoms with Crippen LogP contribution < -0.4 is 4.74 Å². The number of nitrogens with zero attached hydrogens (tertiary/aromatic N) is 2. The molecule has 0 radical (unpaired) electrons. The standard InChI is InChI=1S/C20H26N2O3/c1-13(23)22-12-17(14-7-9-16(25-2)10-8-14)19-18(22)4-3-11-21(19)20(24)15-5-6-15/h7-10,15,17-19H,3-6,11-12H2,1-2H3/t17-,18-,19-/m1/s1. The molecule has 5 heteroatoms. The van der Waals surface area contributed by atoms with Gasteiger partial charge in [0, 0.05) is 31.8 Å². The van der Waals surface area contributed by atoms with Gasteiger partial charge in [0.25, 0.3) is 0 Å². The quantitative estimate of drug-likeness (QED) is 0.848. The second-order valence-electron chi connectivity index (χ2n) is 7.56. The van der Waals surface area contributed by atoms with Crippen molar-refractivity contribution in [2.45, 2.75) is 50.6 Å². The molecule has 1 saturated carbocycles. The Kier molecular flexibility index (Phi) is 4.18. The Morgan fingerprint density at radius 2 is 1.80 bits per heavy atom. The van der Waals surface area contributed by atoms with Crippen molar-refractivity contribution in [1.82, 2.24) is 9.80 Å². The zero-order valence-electron chi connectivity index (χ0n) is 15.0. The lowest BCUT2D eigenvalue weighted by atomic mass is 9.85. The smallest absolute Gasteiger partial charge is 0.226 e. The van der Waals surface area contributed by atoms with Gasteiger partial charge in [0.2, 0.25) is 11.8 Å². The molecule has 0 N–H and O–H groups in total. The number of benzene rings is 1. The summed E-state index contributed by atoms with van der Waals surface area (Å²) in [6.07, 6.45) is 4.02. The van der Waals surface area contributed by atoms with Crippen LogP contribution in [0.25, 0.3) is 0 Å². The molecule has 5 nitrogen and oxygen atoms in total. The Balaban J connectivity index is 1.67. The first-order valence-electron chi connectivity index (χ1n) is 9.32. The van der Waals surface area contributed by atoms with E-state index in [-0.39, 0.29) is 29.8 Å². The number of hydrogen-bond donors (Lipinski definition) is 0. The molecule has 1 aromatic rings. The minimum absolute atomic E-state index is 0.110. The lowest BCUT2D eigenvalue weighted by Gasteiger charge is -2.41. The van der Waals surface area contributed by atoms with Crippen molar-refractivity contribution in [2.75, 3.05) is 20.2 Å². The van der Waals surface area contributed by atoms with Gasteiger partial charge in [-0.3, -0.25) is 9.59 Å². The topological polar surface area (TPSA) is 49.9 Å². The van der Waals surface area contributed by atoms with Gasteiger partial charge in [0.05, 0.1) is 19.2 Å². The van der Waals surface area contributed by atoms with E-state index >= 15 is 0 Å². The predicted octanol–water partition coefficient (Wildman–Crippen LogP) is 2.41. The average molecular weight is 342 g/mol. The van der Waals surface area contributed by atoms with E-state index in [2.05, 4.69) is 17.0 Å². The van der Waals surface area contributed by atoms with Crippen LogP contribution in [0.5, 0.6) is 5.75 Å².